The molecule has 1 aliphatic rings. The molecule has 3 nitrogen and oxygen atoms in total. The molecule has 1 aliphatic carbocycles. The van der Waals surface area contributed by atoms with E-state index in [2.05, 4.69) is 26.1 Å². The maximum atomic E-state index is 12.0. The SMILES string of the molecule is CCCC1(CNC(=O)C(CN)CC(C)C)CC1. The van der Waals surface area contributed by atoms with Crippen molar-refractivity contribution in [3.63, 3.8) is 0 Å². The third kappa shape index (κ3) is 4.66. The quantitative estimate of drug-likeness (QED) is 0.684. The topological polar surface area (TPSA) is 55.1 Å². The Labute approximate surface area is 106 Å². The molecule has 3 N–H and O–H groups in total. The Morgan fingerprint density at radius 2 is 2.06 bits per heavy atom. The van der Waals surface area contributed by atoms with Gasteiger partial charge in [-0.1, -0.05) is 27.2 Å². The van der Waals surface area contributed by atoms with E-state index in [1.165, 1.54) is 25.7 Å². The first kappa shape index (κ1) is 14.5. The predicted octanol–water partition coefficient (Wildman–Crippen LogP) is 2.30. The van der Waals surface area contributed by atoms with Crippen LogP contribution in [0.15, 0.2) is 0 Å². The molecule has 0 aromatic heterocycles. The van der Waals surface area contributed by atoms with E-state index < -0.39 is 0 Å². The van der Waals surface area contributed by atoms with Crippen molar-refractivity contribution < 1.29 is 4.79 Å². The normalized spacial score (nSPS) is 19.1. The van der Waals surface area contributed by atoms with Gasteiger partial charge in [-0.25, -0.2) is 0 Å². The van der Waals surface area contributed by atoms with Crippen LogP contribution in [0.3, 0.4) is 0 Å². The highest BCUT2D eigenvalue weighted by atomic mass is 16.1. The van der Waals surface area contributed by atoms with Gasteiger partial charge in [0.2, 0.25) is 5.91 Å². The van der Waals surface area contributed by atoms with Gasteiger partial charge in [-0.05, 0) is 37.0 Å². The van der Waals surface area contributed by atoms with Crippen molar-refractivity contribution >= 4 is 5.91 Å². The van der Waals surface area contributed by atoms with Crippen molar-refractivity contribution in [2.75, 3.05) is 13.1 Å². The van der Waals surface area contributed by atoms with E-state index in [0.29, 0.717) is 17.9 Å². The van der Waals surface area contributed by atoms with Crippen LogP contribution in [-0.4, -0.2) is 19.0 Å². The number of nitrogens with one attached hydrogen (secondary N) is 1. The fraction of sp³-hybridized carbons (Fsp3) is 0.929. The summed E-state index contributed by atoms with van der Waals surface area (Å²) >= 11 is 0. The molecule has 0 heterocycles. The fourth-order valence-corrected chi connectivity index (χ4v) is 2.52. The summed E-state index contributed by atoms with van der Waals surface area (Å²) in [6.07, 6.45) is 5.90. The second-order valence-corrected chi connectivity index (χ2v) is 6.03. The smallest absolute Gasteiger partial charge is 0.224 e. The summed E-state index contributed by atoms with van der Waals surface area (Å²) in [4.78, 5) is 12.0. The molecule has 0 bridgehead atoms. The zero-order chi connectivity index (χ0) is 12.9. The fourth-order valence-electron chi connectivity index (χ4n) is 2.52. The van der Waals surface area contributed by atoms with Gasteiger partial charge in [-0.2, -0.15) is 0 Å². The van der Waals surface area contributed by atoms with Crippen LogP contribution >= 0.6 is 0 Å². The Morgan fingerprint density at radius 3 is 2.47 bits per heavy atom. The van der Waals surface area contributed by atoms with Crippen LogP contribution in [-0.2, 0) is 4.79 Å². The first-order chi connectivity index (χ1) is 8.03. The molecule has 0 spiro atoms. The summed E-state index contributed by atoms with van der Waals surface area (Å²) in [5.41, 5.74) is 6.11. The van der Waals surface area contributed by atoms with Gasteiger partial charge in [-0.15, -0.1) is 0 Å². The van der Waals surface area contributed by atoms with Gasteiger partial charge in [0.1, 0.15) is 0 Å². The minimum atomic E-state index is -0.00701. The third-order valence-corrected chi connectivity index (χ3v) is 3.79. The molecule has 1 saturated carbocycles. The van der Waals surface area contributed by atoms with Gasteiger partial charge in [0.15, 0.2) is 0 Å². The average molecular weight is 240 g/mol. The highest BCUT2D eigenvalue weighted by molar-refractivity contribution is 5.78. The van der Waals surface area contributed by atoms with Crippen molar-refractivity contribution in [3.05, 3.63) is 0 Å². The Balaban J connectivity index is 2.32. The summed E-state index contributed by atoms with van der Waals surface area (Å²) in [5, 5.41) is 3.11. The molecule has 0 aliphatic heterocycles. The van der Waals surface area contributed by atoms with E-state index in [4.69, 9.17) is 5.73 Å². The zero-order valence-electron chi connectivity index (χ0n) is 11.6. The number of carbonyl (C=O) groups is 1. The average Bonchev–Trinajstić information content (AvgIpc) is 3.03. The number of hydrogen-bond donors (Lipinski definition) is 2. The van der Waals surface area contributed by atoms with Gasteiger partial charge in [-0.3, -0.25) is 4.79 Å². The van der Waals surface area contributed by atoms with Crippen LogP contribution in [0, 0.1) is 17.3 Å². The standard InChI is InChI=1S/C14H28N2O/c1-4-5-14(6-7-14)10-16-13(17)12(9-15)8-11(2)3/h11-12H,4-10,15H2,1-3H3,(H,16,17). The number of hydrogen-bond acceptors (Lipinski definition) is 2. The number of carbonyl (C=O) groups excluding carboxylic acids is 1. The molecule has 1 atom stereocenters. The molecule has 1 rings (SSSR count). The summed E-state index contributed by atoms with van der Waals surface area (Å²) in [5.74, 6) is 0.677. The first-order valence-corrected chi connectivity index (χ1v) is 7.01. The van der Waals surface area contributed by atoms with E-state index in [-0.39, 0.29) is 11.8 Å². The molecule has 1 unspecified atom stereocenters. The highest BCUT2D eigenvalue weighted by Crippen LogP contribution is 2.48. The van der Waals surface area contributed by atoms with Crippen LogP contribution in [0.25, 0.3) is 0 Å². The number of rotatable bonds is 8. The van der Waals surface area contributed by atoms with Crippen LogP contribution in [0.2, 0.25) is 0 Å². The molecule has 0 radical (unpaired) electrons. The molecule has 0 aromatic rings. The van der Waals surface area contributed by atoms with Gasteiger partial charge < -0.3 is 11.1 Å². The number of amides is 1. The molecular weight excluding hydrogens is 212 g/mol. The van der Waals surface area contributed by atoms with Crippen molar-refractivity contribution in [2.24, 2.45) is 23.0 Å². The first-order valence-electron chi connectivity index (χ1n) is 7.01. The lowest BCUT2D eigenvalue weighted by molar-refractivity contribution is -0.125. The molecule has 1 fully saturated rings. The van der Waals surface area contributed by atoms with Crippen LogP contribution in [0.1, 0.15) is 52.9 Å². The van der Waals surface area contributed by atoms with Crippen LogP contribution in [0.4, 0.5) is 0 Å². The highest BCUT2D eigenvalue weighted by Gasteiger charge is 2.41. The maximum absolute atomic E-state index is 12.0. The van der Waals surface area contributed by atoms with E-state index in [1.54, 1.807) is 0 Å². The lowest BCUT2D eigenvalue weighted by Crippen LogP contribution is -2.38. The maximum Gasteiger partial charge on any atom is 0.224 e. The van der Waals surface area contributed by atoms with Gasteiger partial charge in [0, 0.05) is 13.1 Å². The Morgan fingerprint density at radius 1 is 1.41 bits per heavy atom. The van der Waals surface area contributed by atoms with Gasteiger partial charge >= 0.3 is 0 Å². The molecule has 1 amide bonds. The van der Waals surface area contributed by atoms with Crippen molar-refractivity contribution in [3.8, 4) is 0 Å². The largest absolute Gasteiger partial charge is 0.355 e. The summed E-state index contributed by atoms with van der Waals surface area (Å²) in [7, 11) is 0. The minimum absolute atomic E-state index is 0.00701. The van der Waals surface area contributed by atoms with Crippen LogP contribution in [0.5, 0.6) is 0 Å². The van der Waals surface area contributed by atoms with Crippen molar-refractivity contribution in [1.82, 2.24) is 5.32 Å². The molecule has 17 heavy (non-hydrogen) atoms. The summed E-state index contributed by atoms with van der Waals surface area (Å²) in [6.45, 7) is 7.80. The minimum Gasteiger partial charge on any atom is -0.355 e. The third-order valence-electron chi connectivity index (χ3n) is 3.79. The Bertz CT molecular complexity index is 247. The van der Waals surface area contributed by atoms with Gasteiger partial charge in [0.25, 0.3) is 0 Å². The molecular formula is C14H28N2O. The lowest BCUT2D eigenvalue weighted by Gasteiger charge is -2.20. The van der Waals surface area contributed by atoms with Crippen molar-refractivity contribution in [1.29, 1.82) is 0 Å². The number of nitrogens with two attached hydrogens (primary N) is 1. The molecule has 100 valence electrons. The molecule has 3 heteroatoms. The summed E-state index contributed by atoms with van der Waals surface area (Å²) < 4.78 is 0. The van der Waals surface area contributed by atoms with E-state index >= 15 is 0 Å². The van der Waals surface area contributed by atoms with Gasteiger partial charge in [0.05, 0.1) is 5.92 Å². The lowest BCUT2D eigenvalue weighted by atomic mass is 9.95. The van der Waals surface area contributed by atoms with Crippen molar-refractivity contribution in [2.45, 2.75) is 52.9 Å². The molecule has 0 aromatic carbocycles. The Kier molecular flexibility index (Phi) is 5.44. The second kappa shape index (κ2) is 6.39. The van der Waals surface area contributed by atoms with Crippen LogP contribution < -0.4 is 11.1 Å². The second-order valence-electron chi connectivity index (χ2n) is 6.03. The summed E-state index contributed by atoms with van der Waals surface area (Å²) in [6, 6.07) is 0. The van der Waals surface area contributed by atoms with E-state index in [1.807, 2.05) is 0 Å². The monoisotopic (exact) mass is 240 g/mol. The zero-order valence-corrected chi connectivity index (χ0v) is 11.6. The van der Waals surface area contributed by atoms with E-state index in [9.17, 15) is 4.79 Å². The Hall–Kier alpha value is -0.570. The predicted molar refractivity (Wildman–Crippen MR) is 71.6 cm³/mol. The van der Waals surface area contributed by atoms with E-state index in [0.717, 1.165) is 13.0 Å². The molecule has 0 saturated heterocycles.